The largest absolute Gasteiger partial charge is 0.497 e. The smallest absolute Gasteiger partial charge is 0.417 e. The van der Waals surface area contributed by atoms with E-state index in [-0.39, 0.29) is 75.1 Å². The van der Waals surface area contributed by atoms with Crippen LogP contribution in [0.15, 0.2) is 85.3 Å². The SMILES string of the molecule is COc1ccc(COc2cc(OCc3ccc(COCCOc4ccc5c(c4)CN(C4CCC(=O)NC4=O)C5=O)cn3)ncc2-c2cc(C(F)(F)F)c[nH]2)cc1. The van der Waals surface area contributed by atoms with Crippen LogP contribution in [0, 0.1) is 0 Å². The third-order valence-corrected chi connectivity index (χ3v) is 9.21. The van der Waals surface area contributed by atoms with E-state index in [9.17, 15) is 27.6 Å². The number of methoxy groups -OCH3 is 1. The monoisotopic (exact) mass is 771 g/mol. The zero-order valence-corrected chi connectivity index (χ0v) is 30.1. The van der Waals surface area contributed by atoms with Crippen molar-refractivity contribution in [1.29, 1.82) is 0 Å². The van der Waals surface area contributed by atoms with Crippen molar-refractivity contribution >= 4 is 17.7 Å². The number of carbonyl (C=O) groups excluding carboxylic acids is 3. The van der Waals surface area contributed by atoms with Crippen molar-refractivity contribution in [2.24, 2.45) is 0 Å². The molecule has 16 heteroatoms. The molecule has 0 radical (unpaired) electrons. The number of carbonyl (C=O) groups is 3. The molecule has 290 valence electrons. The molecule has 0 saturated carbocycles. The third-order valence-electron chi connectivity index (χ3n) is 9.21. The fraction of sp³-hybridized carbons (Fsp3) is 0.275. The number of nitrogens with zero attached hydrogens (tertiary/aromatic N) is 3. The number of ether oxygens (including phenoxy) is 5. The Morgan fingerprint density at radius 2 is 1.62 bits per heavy atom. The first kappa shape index (κ1) is 37.9. The first-order valence-corrected chi connectivity index (χ1v) is 17.6. The van der Waals surface area contributed by atoms with Crippen LogP contribution in [-0.4, -0.2) is 63.9 Å². The Hall–Kier alpha value is -6.42. The van der Waals surface area contributed by atoms with Gasteiger partial charge in [0.15, 0.2) is 0 Å². The van der Waals surface area contributed by atoms with Crippen LogP contribution in [0.5, 0.6) is 23.1 Å². The van der Waals surface area contributed by atoms with Crippen molar-refractivity contribution in [3.05, 3.63) is 119 Å². The number of amides is 3. The molecular weight excluding hydrogens is 735 g/mol. The highest BCUT2D eigenvalue weighted by molar-refractivity contribution is 6.05. The molecule has 3 amide bonds. The van der Waals surface area contributed by atoms with Gasteiger partial charge in [0.05, 0.1) is 42.8 Å². The number of rotatable bonds is 15. The van der Waals surface area contributed by atoms with E-state index in [1.165, 1.54) is 17.2 Å². The summed E-state index contributed by atoms with van der Waals surface area (Å²) in [5, 5.41) is 2.30. The first-order chi connectivity index (χ1) is 27.0. The molecule has 3 aromatic heterocycles. The summed E-state index contributed by atoms with van der Waals surface area (Å²) in [5.41, 5.74) is 3.20. The summed E-state index contributed by atoms with van der Waals surface area (Å²) in [6.07, 6.45) is -0.0799. The molecule has 1 unspecified atom stereocenters. The maximum atomic E-state index is 13.3. The number of piperidine rings is 1. The van der Waals surface area contributed by atoms with E-state index < -0.39 is 23.7 Å². The van der Waals surface area contributed by atoms with Gasteiger partial charge in [-0.25, -0.2) is 4.98 Å². The van der Waals surface area contributed by atoms with Crippen LogP contribution < -0.4 is 24.3 Å². The molecule has 0 spiro atoms. The summed E-state index contributed by atoms with van der Waals surface area (Å²) in [7, 11) is 1.56. The standard InChI is InChI=1S/C40H36F3N5O8/c1-52-29-6-3-24(4-7-29)22-55-35-16-37(46-19-32(35)33-15-27(18-45-33)40(41,42)43)56-23-28-5-2-25(17-44-28)21-53-12-13-54-30-8-9-31-26(14-30)20-48(39(31)51)34-10-11-36(49)47-38(34)50/h2-9,14-19,34,45H,10-13,20-23H2,1H3,(H,47,49,50). The van der Waals surface area contributed by atoms with E-state index >= 15 is 0 Å². The Kier molecular flexibility index (Phi) is 11.2. The maximum Gasteiger partial charge on any atom is 0.417 e. The van der Waals surface area contributed by atoms with Gasteiger partial charge in [0.25, 0.3) is 5.91 Å². The number of nitrogens with one attached hydrogen (secondary N) is 2. The van der Waals surface area contributed by atoms with Gasteiger partial charge in [-0.3, -0.25) is 24.7 Å². The summed E-state index contributed by atoms with van der Waals surface area (Å²) >= 11 is 0. The summed E-state index contributed by atoms with van der Waals surface area (Å²) in [6.45, 7) is 1.28. The molecule has 13 nitrogen and oxygen atoms in total. The molecule has 1 atom stereocenters. The number of imide groups is 1. The van der Waals surface area contributed by atoms with Crippen molar-refractivity contribution in [2.75, 3.05) is 20.3 Å². The predicted molar refractivity (Wildman–Crippen MR) is 193 cm³/mol. The highest BCUT2D eigenvalue weighted by atomic mass is 19.4. The van der Waals surface area contributed by atoms with Gasteiger partial charge in [-0.15, -0.1) is 0 Å². The van der Waals surface area contributed by atoms with Gasteiger partial charge in [0.2, 0.25) is 17.7 Å². The summed E-state index contributed by atoms with van der Waals surface area (Å²) in [6, 6.07) is 17.8. The van der Waals surface area contributed by atoms with E-state index in [1.807, 2.05) is 18.2 Å². The minimum atomic E-state index is -4.51. The van der Waals surface area contributed by atoms with Gasteiger partial charge in [-0.2, -0.15) is 13.2 Å². The summed E-state index contributed by atoms with van der Waals surface area (Å²) in [5.74, 6) is 0.669. The van der Waals surface area contributed by atoms with Gasteiger partial charge >= 0.3 is 6.18 Å². The van der Waals surface area contributed by atoms with E-state index in [0.29, 0.717) is 34.7 Å². The molecule has 1 saturated heterocycles. The summed E-state index contributed by atoms with van der Waals surface area (Å²) in [4.78, 5) is 49.6. The van der Waals surface area contributed by atoms with Crippen LogP contribution >= 0.6 is 0 Å². The molecule has 1 fully saturated rings. The van der Waals surface area contributed by atoms with Crippen molar-refractivity contribution in [2.45, 2.75) is 51.4 Å². The number of halogens is 3. The molecule has 2 aliphatic heterocycles. The highest BCUT2D eigenvalue weighted by Crippen LogP contribution is 2.37. The van der Waals surface area contributed by atoms with Crippen LogP contribution in [0.25, 0.3) is 11.3 Å². The Morgan fingerprint density at radius 1 is 0.821 bits per heavy atom. The molecule has 0 bridgehead atoms. The maximum absolute atomic E-state index is 13.3. The summed E-state index contributed by atoms with van der Waals surface area (Å²) < 4.78 is 68.7. The Bertz CT molecular complexity index is 2210. The molecule has 5 heterocycles. The number of hydrogen-bond acceptors (Lipinski definition) is 10. The number of aromatic amines is 1. The molecule has 7 rings (SSSR count). The predicted octanol–water partition coefficient (Wildman–Crippen LogP) is 6.01. The van der Waals surface area contributed by atoms with Gasteiger partial charge < -0.3 is 33.6 Å². The molecule has 5 aromatic rings. The molecule has 2 aromatic carbocycles. The lowest BCUT2D eigenvalue weighted by molar-refractivity contribution is -0.138. The normalized spacial score (nSPS) is 15.4. The molecule has 0 aliphatic carbocycles. The van der Waals surface area contributed by atoms with Crippen molar-refractivity contribution < 1.29 is 51.2 Å². The van der Waals surface area contributed by atoms with Crippen molar-refractivity contribution in [3.8, 4) is 34.4 Å². The molecule has 56 heavy (non-hydrogen) atoms. The van der Waals surface area contributed by atoms with Crippen LogP contribution in [0.4, 0.5) is 13.2 Å². The van der Waals surface area contributed by atoms with Gasteiger partial charge in [0, 0.05) is 43.2 Å². The zero-order valence-electron chi connectivity index (χ0n) is 30.1. The topological polar surface area (TPSA) is 154 Å². The molecule has 2 aliphatic rings. The number of aromatic nitrogens is 3. The number of pyridine rings is 2. The molecule has 2 N–H and O–H groups in total. The fourth-order valence-electron chi connectivity index (χ4n) is 6.24. The van der Waals surface area contributed by atoms with Gasteiger partial charge in [0.1, 0.15) is 43.1 Å². The second-order valence-corrected chi connectivity index (χ2v) is 13.0. The number of benzene rings is 2. The van der Waals surface area contributed by atoms with E-state index in [4.69, 9.17) is 23.7 Å². The second-order valence-electron chi connectivity index (χ2n) is 13.0. The molecular formula is C40H36F3N5O8. The van der Waals surface area contributed by atoms with E-state index in [0.717, 1.165) is 29.0 Å². The average Bonchev–Trinajstić information content (AvgIpc) is 3.82. The fourth-order valence-corrected chi connectivity index (χ4v) is 6.24. The van der Waals surface area contributed by atoms with Gasteiger partial charge in [-0.1, -0.05) is 18.2 Å². The lowest BCUT2D eigenvalue weighted by atomic mass is 10.0. The zero-order chi connectivity index (χ0) is 39.2. The van der Waals surface area contributed by atoms with Crippen LogP contribution in [0.3, 0.4) is 0 Å². The Balaban J connectivity index is 0.891. The van der Waals surface area contributed by atoms with Crippen molar-refractivity contribution in [1.82, 2.24) is 25.2 Å². The minimum absolute atomic E-state index is 0.0671. The van der Waals surface area contributed by atoms with E-state index in [1.54, 1.807) is 49.7 Å². The number of hydrogen-bond donors (Lipinski definition) is 2. The quantitative estimate of drug-likeness (QED) is 0.0955. The van der Waals surface area contributed by atoms with Crippen LogP contribution in [-0.2, 0) is 46.9 Å². The van der Waals surface area contributed by atoms with E-state index in [2.05, 4.69) is 20.3 Å². The lowest BCUT2D eigenvalue weighted by Gasteiger charge is -2.29. The van der Waals surface area contributed by atoms with Crippen molar-refractivity contribution in [3.63, 3.8) is 0 Å². The van der Waals surface area contributed by atoms with Crippen LogP contribution in [0.2, 0.25) is 0 Å². The minimum Gasteiger partial charge on any atom is -0.497 e. The first-order valence-electron chi connectivity index (χ1n) is 17.6. The van der Waals surface area contributed by atoms with Crippen LogP contribution in [0.1, 0.15) is 51.1 Å². The van der Waals surface area contributed by atoms with Gasteiger partial charge in [-0.05, 0) is 65.6 Å². The third kappa shape index (κ3) is 8.92. The Morgan fingerprint density at radius 3 is 2.36 bits per heavy atom. The number of H-pyrrole nitrogens is 1. The average molecular weight is 772 g/mol. The lowest BCUT2D eigenvalue weighted by Crippen LogP contribution is -2.52. The number of fused-ring (bicyclic) bond motifs is 1. The second kappa shape index (κ2) is 16.5. The highest BCUT2D eigenvalue weighted by Gasteiger charge is 2.39. The Labute approximate surface area is 318 Å². The number of alkyl halides is 3.